The predicted octanol–water partition coefficient (Wildman–Crippen LogP) is 2.91. The van der Waals surface area contributed by atoms with Gasteiger partial charge in [-0.15, -0.1) is 0 Å². The fraction of sp³-hybridized carbons (Fsp3) is 1.00. The minimum atomic E-state index is 0.534. The Labute approximate surface area is 136 Å². The van der Waals surface area contributed by atoms with Crippen LogP contribution < -0.4 is 10.6 Å². The Bertz CT molecular complexity index is 176. The quantitative estimate of drug-likeness (QED) is 0.337. The average Bonchev–Trinajstić information content (AvgIpc) is 2.44. The van der Waals surface area contributed by atoms with E-state index in [0.717, 1.165) is 30.3 Å². The van der Waals surface area contributed by atoms with E-state index < -0.39 is 0 Å². The first-order valence-electron chi connectivity index (χ1n) is 7.51. The van der Waals surface area contributed by atoms with Crippen molar-refractivity contribution in [3.63, 3.8) is 0 Å². The third kappa shape index (κ3) is 10.4. The van der Waals surface area contributed by atoms with Crippen LogP contribution in [0.3, 0.4) is 0 Å². The molecule has 0 saturated carbocycles. The third-order valence-corrected chi connectivity index (χ3v) is 4.85. The summed E-state index contributed by atoms with van der Waals surface area (Å²) in [6, 6.07) is 1.08. The zero-order valence-electron chi connectivity index (χ0n) is 12.4. The number of rotatable bonds is 13. The van der Waals surface area contributed by atoms with E-state index in [-0.39, 0.29) is 0 Å². The second kappa shape index (κ2) is 13.9. The summed E-state index contributed by atoms with van der Waals surface area (Å²) in [5.74, 6) is 3.42. The van der Waals surface area contributed by atoms with Gasteiger partial charge in [-0.2, -0.15) is 37.9 Å². The molecule has 0 rings (SSSR count). The summed E-state index contributed by atoms with van der Waals surface area (Å²) in [5, 5.41) is 7.10. The molecule has 0 saturated heterocycles. The molecule has 0 bridgehead atoms. The molecule has 0 aliphatic heterocycles. The number of hydrogen-bond acceptors (Lipinski definition) is 5. The van der Waals surface area contributed by atoms with Gasteiger partial charge in [-0.05, 0) is 44.0 Å². The first-order valence-corrected chi connectivity index (χ1v) is 9.40. The maximum atomic E-state index is 4.48. The normalized spacial score (nSPS) is 16.3. The van der Waals surface area contributed by atoms with E-state index in [1.54, 1.807) is 0 Å². The van der Waals surface area contributed by atoms with E-state index in [2.05, 4.69) is 62.4 Å². The Morgan fingerprint density at radius 1 is 0.789 bits per heavy atom. The summed E-state index contributed by atoms with van der Waals surface area (Å²) in [6.07, 6.45) is 4.81. The van der Waals surface area contributed by atoms with E-state index in [1.807, 2.05) is 0 Å². The van der Waals surface area contributed by atoms with Crippen molar-refractivity contribution in [2.24, 2.45) is 5.92 Å². The summed E-state index contributed by atoms with van der Waals surface area (Å²) in [7, 11) is 0. The second-order valence-electron chi connectivity index (χ2n) is 5.14. The van der Waals surface area contributed by atoms with Gasteiger partial charge in [0.2, 0.25) is 0 Å². The summed E-state index contributed by atoms with van der Waals surface area (Å²) in [6.45, 7) is 6.45. The largest absolute Gasteiger partial charge is 0.313 e. The fourth-order valence-corrected chi connectivity index (χ4v) is 3.12. The highest BCUT2D eigenvalue weighted by atomic mass is 32.1. The lowest BCUT2D eigenvalue weighted by Crippen LogP contribution is -2.36. The number of nitrogens with one attached hydrogen (secondary N) is 2. The lowest BCUT2D eigenvalue weighted by molar-refractivity contribution is 0.403. The van der Waals surface area contributed by atoms with Crippen LogP contribution in [-0.4, -0.2) is 42.4 Å². The van der Waals surface area contributed by atoms with Crippen LogP contribution in [0.5, 0.6) is 0 Å². The van der Waals surface area contributed by atoms with Crippen LogP contribution in [0.4, 0.5) is 0 Å². The molecule has 0 aromatic heterocycles. The van der Waals surface area contributed by atoms with Crippen molar-refractivity contribution in [2.75, 3.05) is 30.3 Å². The highest BCUT2D eigenvalue weighted by molar-refractivity contribution is 7.80. The molecule has 0 spiro atoms. The average molecular weight is 325 g/mol. The van der Waals surface area contributed by atoms with Crippen LogP contribution in [0.25, 0.3) is 0 Å². The molecular formula is C14H32N2S3. The molecule has 0 heterocycles. The molecule has 3 atom stereocenters. The minimum absolute atomic E-state index is 0.534. The van der Waals surface area contributed by atoms with Gasteiger partial charge in [-0.25, -0.2) is 0 Å². The van der Waals surface area contributed by atoms with E-state index in [0.29, 0.717) is 18.0 Å². The highest BCUT2D eigenvalue weighted by Gasteiger charge is 2.13. The first-order chi connectivity index (χ1) is 9.21. The monoisotopic (exact) mass is 324 g/mol. The number of hydrogen-bond donors (Lipinski definition) is 5. The van der Waals surface area contributed by atoms with Crippen LogP contribution in [0.1, 0.15) is 39.5 Å². The molecular weight excluding hydrogens is 292 g/mol. The molecule has 2 N–H and O–H groups in total. The van der Waals surface area contributed by atoms with E-state index in [1.165, 1.54) is 25.7 Å². The van der Waals surface area contributed by atoms with Crippen LogP contribution >= 0.6 is 37.9 Å². The molecule has 19 heavy (non-hydrogen) atoms. The molecule has 0 aliphatic rings. The van der Waals surface area contributed by atoms with Gasteiger partial charge in [-0.1, -0.05) is 20.3 Å². The summed E-state index contributed by atoms with van der Waals surface area (Å²) < 4.78 is 0. The van der Waals surface area contributed by atoms with Crippen LogP contribution in [0, 0.1) is 5.92 Å². The van der Waals surface area contributed by atoms with Gasteiger partial charge in [0.15, 0.2) is 0 Å². The van der Waals surface area contributed by atoms with Gasteiger partial charge < -0.3 is 10.6 Å². The Hall–Kier alpha value is 0.970. The van der Waals surface area contributed by atoms with E-state index in [4.69, 9.17) is 0 Å². The molecule has 0 amide bonds. The standard InChI is InChI=1S/C14H32N2S3/c1-3-5-13(10-18)16-8-12(9-17)6-7-14(11-19)15-4-2/h12-19H,3-11H2,1-2H3/t12-,13-,14-/m1/s1. The van der Waals surface area contributed by atoms with Gasteiger partial charge >= 0.3 is 0 Å². The second-order valence-corrected chi connectivity index (χ2v) is 6.23. The molecule has 0 unspecified atom stereocenters. The van der Waals surface area contributed by atoms with Gasteiger partial charge in [0.05, 0.1) is 0 Å². The summed E-state index contributed by atoms with van der Waals surface area (Å²) >= 11 is 13.3. The SMILES string of the molecule is CCC[C@H](CS)NC[C@H](CS)CC[C@H](CS)NCC. The van der Waals surface area contributed by atoms with Gasteiger partial charge in [0.25, 0.3) is 0 Å². The number of thiol groups is 3. The minimum Gasteiger partial charge on any atom is -0.313 e. The third-order valence-electron chi connectivity index (χ3n) is 3.45. The van der Waals surface area contributed by atoms with Crippen molar-refractivity contribution in [2.45, 2.75) is 51.6 Å². The molecule has 0 aromatic carbocycles. The Kier molecular flexibility index (Phi) is 14.6. The van der Waals surface area contributed by atoms with Crippen LogP contribution in [0.2, 0.25) is 0 Å². The van der Waals surface area contributed by atoms with E-state index >= 15 is 0 Å². The van der Waals surface area contributed by atoms with Crippen molar-refractivity contribution in [1.29, 1.82) is 0 Å². The molecule has 116 valence electrons. The van der Waals surface area contributed by atoms with E-state index in [9.17, 15) is 0 Å². The van der Waals surface area contributed by atoms with Crippen LogP contribution in [-0.2, 0) is 0 Å². The molecule has 0 radical (unpaired) electrons. The van der Waals surface area contributed by atoms with Crippen molar-refractivity contribution >= 4 is 37.9 Å². The zero-order valence-corrected chi connectivity index (χ0v) is 15.1. The van der Waals surface area contributed by atoms with Crippen molar-refractivity contribution in [3.05, 3.63) is 0 Å². The predicted molar refractivity (Wildman–Crippen MR) is 98.4 cm³/mol. The molecule has 0 aliphatic carbocycles. The molecule has 0 fully saturated rings. The summed E-state index contributed by atoms with van der Waals surface area (Å²) in [5.41, 5.74) is 0. The van der Waals surface area contributed by atoms with Crippen molar-refractivity contribution < 1.29 is 0 Å². The highest BCUT2D eigenvalue weighted by Crippen LogP contribution is 2.12. The van der Waals surface area contributed by atoms with Gasteiger partial charge in [-0.3, -0.25) is 0 Å². The van der Waals surface area contributed by atoms with Crippen LogP contribution in [0.15, 0.2) is 0 Å². The van der Waals surface area contributed by atoms with Crippen molar-refractivity contribution in [1.82, 2.24) is 10.6 Å². The Balaban J connectivity index is 3.92. The summed E-state index contributed by atoms with van der Waals surface area (Å²) in [4.78, 5) is 0. The maximum Gasteiger partial charge on any atom is 0.0155 e. The Morgan fingerprint density at radius 3 is 1.89 bits per heavy atom. The smallest absolute Gasteiger partial charge is 0.0155 e. The molecule has 2 nitrogen and oxygen atoms in total. The van der Waals surface area contributed by atoms with Gasteiger partial charge in [0.1, 0.15) is 0 Å². The maximum absolute atomic E-state index is 4.48. The van der Waals surface area contributed by atoms with Crippen molar-refractivity contribution in [3.8, 4) is 0 Å². The lowest BCUT2D eigenvalue weighted by Gasteiger charge is -2.23. The fourth-order valence-electron chi connectivity index (χ4n) is 2.18. The van der Waals surface area contributed by atoms with Gasteiger partial charge in [0, 0.05) is 23.6 Å². The topological polar surface area (TPSA) is 24.1 Å². The molecule has 0 aromatic rings. The molecule has 5 heteroatoms. The first kappa shape index (κ1) is 20.0. The lowest BCUT2D eigenvalue weighted by atomic mass is 10.0. The zero-order chi connectivity index (χ0) is 14.5. The Morgan fingerprint density at radius 2 is 1.42 bits per heavy atom.